The largest absolute Gasteiger partial charge is 0.229 e. The Morgan fingerprint density at radius 3 is 2.86 bits per heavy atom. The lowest BCUT2D eigenvalue weighted by atomic mass is 10.6. The van der Waals surface area contributed by atoms with Crippen LogP contribution in [0.1, 0.15) is 0 Å². The lowest BCUT2D eigenvalue weighted by molar-refractivity contribution is 1.65. The van der Waals surface area contributed by atoms with E-state index in [9.17, 15) is 0 Å². The number of thiol groups is 1. The van der Waals surface area contributed by atoms with Crippen LogP contribution in [0.25, 0.3) is 0 Å². The molecule has 1 aliphatic rings. The van der Waals surface area contributed by atoms with Crippen LogP contribution in [0.4, 0.5) is 0 Å². The van der Waals surface area contributed by atoms with Crippen LogP contribution < -0.4 is 0 Å². The highest BCUT2D eigenvalue weighted by atomic mass is 127. The van der Waals surface area contributed by atoms with Crippen LogP contribution in [0, 0.1) is 0 Å². The van der Waals surface area contributed by atoms with E-state index in [2.05, 4.69) is 19.9 Å². The van der Waals surface area contributed by atoms with E-state index >= 15 is 0 Å². The van der Waals surface area contributed by atoms with Crippen LogP contribution in [-0.4, -0.2) is 0 Å². The Morgan fingerprint density at radius 2 is 2.57 bits per heavy atom. The third-order valence-electron chi connectivity index (χ3n) is 0.528. The summed E-state index contributed by atoms with van der Waals surface area (Å²) in [5.41, 5.74) is 0. The Morgan fingerprint density at radius 1 is 1.71 bits per heavy atom. The van der Waals surface area contributed by atoms with Gasteiger partial charge in [-0.25, -0.2) is 3.15 Å². The second-order valence-corrected chi connectivity index (χ2v) is 3.39. The van der Waals surface area contributed by atoms with Crippen molar-refractivity contribution in [1.82, 2.24) is 0 Å². The smallest absolute Gasteiger partial charge is 0.0463 e. The Balaban J connectivity index is 2.82. The van der Waals surface area contributed by atoms with Gasteiger partial charge in [0.25, 0.3) is 0 Å². The molecule has 7 heavy (non-hydrogen) atoms. The van der Waals surface area contributed by atoms with Gasteiger partial charge in [0.1, 0.15) is 0 Å². The van der Waals surface area contributed by atoms with E-state index < -0.39 is 0 Å². The first-order chi connectivity index (χ1) is 3.39. The SMILES string of the molecule is SC1=CN=IC=C1. The summed E-state index contributed by atoms with van der Waals surface area (Å²) >= 11 is 4.07. The summed E-state index contributed by atoms with van der Waals surface area (Å²) in [5.74, 6) is 0. The van der Waals surface area contributed by atoms with Crippen LogP contribution in [-0.2, 0) is 0 Å². The summed E-state index contributed by atoms with van der Waals surface area (Å²) in [4.78, 5) is 0.964. The fourth-order valence-corrected chi connectivity index (χ4v) is 2.08. The van der Waals surface area contributed by atoms with Crippen molar-refractivity contribution in [2.24, 2.45) is 3.15 Å². The number of rotatable bonds is 0. The second kappa shape index (κ2) is 2.61. The van der Waals surface area contributed by atoms with Crippen molar-refractivity contribution in [3.05, 3.63) is 21.3 Å². The van der Waals surface area contributed by atoms with Crippen molar-refractivity contribution in [2.75, 3.05) is 0 Å². The molecule has 0 atom stereocenters. The van der Waals surface area contributed by atoms with Crippen LogP contribution in [0.2, 0.25) is 0 Å². The van der Waals surface area contributed by atoms with Crippen LogP contribution >= 0.6 is 33.7 Å². The van der Waals surface area contributed by atoms with Gasteiger partial charge in [-0.15, -0.1) is 12.6 Å². The molecule has 0 aromatic carbocycles. The van der Waals surface area contributed by atoms with Gasteiger partial charge in [-0.2, -0.15) is 0 Å². The average Bonchev–Trinajstić information content (AvgIpc) is 1.69. The molecule has 0 aromatic heterocycles. The first-order valence-corrected chi connectivity index (χ1v) is 4.44. The molecule has 38 valence electrons. The standard InChI is InChI=1S/C4H4INS/c7-4-1-2-5-6-3-4/h1-3,7H. The maximum atomic E-state index is 4.06. The van der Waals surface area contributed by atoms with E-state index in [1.165, 1.54) is 0 Å². The second-order valence-electron chi connectivity index (χ2n) is 1.04. The van der Waals surface area contributed by atoms with Crippen molar-refractivity contribution < 1.29 is 0 Å². The van der Waals surface area contributed by atoms with Gasteiger partial charge >= 0.3 is 0 Å². The molecule has 1 aliphatic heterocycles. The molecular formula is C4H4INS. The molecule has 1 rings (SSSR count). The van der Waals surface area contributed by atoms with E-state index in [-0.39, 0.29) is 21.0 Å². The highest BCUT2D eigenvalue weighted by Gasteiger charge is 1.81. The highest BCUT2D eigenvalue weighted by molar-refractivity contribution is 14.2. The van der Waals surface area contributed by atoms with E-state index in [1.807, 2.05) is 6.08 Å². The lowest BCUT2D eigenvalue weighted by Crippen LogP contribution is -1.59. The van der Waals surface area contributed by atoms with E-state index in [0.29, 0.717) is 0 Å². The van der Waals surface area contributed by atoms with Crippen LogP contribution in [0.15, 0.2) is 24.4 Å². The minimum Gasteiger partial charge on any atom is -0.229 e. The zero-order valence-electron chi connectivity index (χ0n) is 3.50. The minimum absolute atomic E-state index is 0.00671. The Hall–Kier alpha value is 0.360. The van der Waals surface area contributed by atoms with Crippen molar-refractivity contribution in [2.45, 2.75) is 0 Å². The van der Waals surface area contributed by atoms with Gasteiger partial charge < -0.3 is 0 Å². The molecule has 0 radical (unpaired) electrons. The van der Waals surface area contributed by atoms with Gasteiger partial charge in [-0.3, -0.25) is 0 Å². The lowest BCUT2D eigenvalue weighted by Gasteiger charge is -1.87. The first kappa shape index (κ1) is 5.50. The minimum atomic E-state index is 0.00671. The Labute approximate surface area is 58.1 Å². The Bertz CT molecular complexity index is 148. The number of hydrogen-bond donors (Lipinski definition) is 1. The molecule has 0 amide bonds. The molecule has 0 bridgehead atoms. The molecule has 0 aliphatic carbocycles. The average molecular weight is 225 g/mol. The monoisotopic (exact) mass is 225 g/mol. The predicted molar refractivity (Wildman–Crippen MR) is 42.7 cm³/mol. The van der Waals surface area contributed by atoms with Gasteiger partial charge in [-0.1, -0.05) is 0 Å². The van der Waals surface area contributed by atoms with Crippen LogP contribution in [0.3, 0.4) is 0 Å². The van der Waals surface area contributed by atoms with Crippen molar-refractivity contribution in [3.63, 3.8) is 0 Å². The first-order valence-electron chi connectivity index (χ1n) is 1.78. The third-order valence-corrected chi connectivity index (χ3v) is 2.07. The fraction of sp³-hybridized carbons (Fsp3) is 0. The molecule has 0 N–H and O–H groups in total. The van der Waals surface area contributed by atoms with Crippen molar-refractivity contribution in [3.8, 4) is 0 Å². The predicted octanol–water partition coefficient (Wildman–Crippen LogP) is 2.44. The van der Waals surface area contributed by atoms with Gasteiger partial charge in [0.2, 0.25) is 0 Å². The molecule has 1 heterocycles. The molecular weight excluding hydrogens is 221 g/mol. The fourth-order valence-electron chi connectivity index (χ4n) is 0.246. The summed E-state index contributed by atoms with van der Waals surface area (Å²) in [6.45, 7) is 0. The molecule has 0 saturated carbocycles. The summed E-state index contributed by atoms with van der Waals surface area (Å²) in [6.07, 6.45) is 3.79. The molecule has 0 fully saturated rings. The van der Waals surface area contributed by atoms with Gasteiger partial charge in [-0.05, 0) is 10.2 Å². The maximum absolute atomic E-state index is 4.06. The quantitative estimate of drug-likeness (QED) is 0.480. The van der Waals surface area contributed by atoms with E-state index in [0.717, 1.165) is 4.91 Å². The van der Waals surface area contributed by atoms with Gasteiger partial charge in [0.15, 0.2) is 0 Å². The molecule has 0 spiro atoms. The maximum Gasteiger partial charge on any atom is 0.0463 e. The topological polar surface area (TPSA) is 12.4 Å². The normalized spacial score (nSPS) is 18.1. The third kappa shape index (κ3) is 1.73. The zero-order valence-corrected chi connectivity index (χ0v) is 6.56. The summed E-state index contributed by atoms with van der Waals surface area (Å²) < 4.78 is 6.13. The van der Waals surface area contributed by atoms with Crippen LogP contribution in [0.5, 0.6) is 0 Å². The van der Waals surface area contributed by atoms with Crippen molar-refractivity contribution >= 4 is 33.7 Å². The molecule has 0 saturated heterocycles. The van der Waals surface area contributed by atoms with Gasteiger partial charge in [0.05, 0.1) is 0 Å². The van der Waals surface area contributed by atoms with Crippen molar-refractivity contribution in [1.29, 1.82) is 0 Å². The Kier molecular flexibility index (Phi) is 2.05. The van der Waals surface area contributed by atoms with E-state index in [4.69, 9.17) is 0 Å². The number of halogens is 1. The molecule has 3 heteroatoms. The molecule has 0 unspecified atom stereocenters. The summed E-state index contributed by atoms with van der Waals surface area (Å²) in [7, 11) is 0. The highest BCUT2D eigenvalue weighted by Crippen LogP contribution is 2.15. The number of allylic oxidation sites excluding steroid dienone is 1. The number of nitrogens with zero attached hydrogens (tertiary/aromatic N) is 1. The zero-order chi connectivity index (χ0) is 5.11. The van der Waals surface area contributed by atoms with Gasteiger partial charge in [0, 0.05) is 32.1 Å². The number of hydrogen-bond acceptors (Lipinski definition) is 2. The molecule has 0 aromatic rings. The summed E-state index contributed by atoms with van der Waals surface area (Å²) in [6, 6.07) is 0. The van der Waals surface area contributed by atoms with E-state index in [1.54, 1.807) is 6.20 Å². The molecule has 1 nitrogen and oxygen atoms in total. The summed E-state index contributed by atoms with van der Waals surface area (Å²) in [5, 5.41) is 0.